The number of para-hydroxylation sites is 1. The summed E-state index contributed by atoms with van der Waals surface area (Å²) >= 11 is 0. The summed E-state index contributed by atoms with van der Waals surface area (Å²) in [6.07, 6.45) is 6.51. The predicted octanol–water partition coefficient (Wildman–Crippen LogP) is 5.48. The number of ether oxygens (including phenoxy) is 1. The standard InChI is InChI=1S/C19H23NO.ClH/c20-19(15-8-3-1-4-9-15)16-10-7-13-18(14-16)21-17-11-5-2-6-12-17;/h2,5-7,10-15,19H,1,3-4,8-9,20H2;1H/t19-;/m1./s1. The van der Waals surface area contributed by atoms with Gasteiger partial charge in [0.15, 0.2) is 0 Å². The minimum atomic E-state index is 0. The maximum atomic E-state index is 6.48. The highest BCUT2D eigenvalue weighted by molar-refractivity contribution is 5.85. The second kappa shape index (κ2) is 8.21. The molecule has 0 aromatic heterocycles. The van der Waals surface area contributed by atoms with Crippen LogP contribution < -0.4 is 10.5 Å². The van der Waals surface area contributed by atoms with Crippen LogP contribution in [0.2, 0.25) is 0 Å². The molecule has 2 aromatic rings. The summed E-state index contributed by atoms with van der Waals surface area (Å²) in [5, 5.41) is 0. The van der Waals surface area contributed by atoms with Gasteiger partial charge in [-0.1, -0.05) is 49.6 Å². The summed E-state index contributed by atoms with van der Waals surface area (Å²) in [5.74, 6) is 2.34. The van der Waals surface area contributed by atoms with Crippen LogP contribution in [0.15, 0.2) is 54.6 Å². The highest BCUT2D eigenvalue weighted by Gasteiger charge is 2.22. The number of nitrogens with two attached hydrogens (primary N) is 1. The number of halogens is 1. The molecular formula is C19H24ClNO. The maximum absolute atomic E-state index is 6.48. The van der Waals surface area contributed by atoms with Crippen molar-refractivity contribution in [1.82, 2.24) is 0 Å². The second-order valence-corrected chi connectivity index (χ2v) is 5.91. The van der Waals surface area contributed by atoms with E-state index in [2.05, 4.69) is 12.1 Å². The average Bonchev–Trinajstić information content (AvgIpc) is 2.56. The van der Waals surface area contributed by atoms with Gasteiger partial charge in [0.05, 0.1) is 0 Å². The fraction of sp³-hybridized carbons (Fsp3) is 0.368. The highest BCUT2D eigenvalue weighted by atomic mass is 35.5. The molecule has 0 bridgehead atoms. The van der Waals surface area contributed by atoms with Crippen molar-refractivity contribution in [3.8, 4) is 11.5 Å². The van der Waals surface area contributed by atoms with Gasteiger partial charge in [-0.05, 0) is 48.6 Å². The van der Waals surface area contributed by atoms with E-state index < -0.39 is 0 Å². The Morgan fingerprint density at radius 1 is 0.864 bits per heavy atom. The molecule has 1 aliphatic carbocycles. The second-order valence-electron chi connectivity index (χ2n) is 5.91. The predicted molar refractivity (Wildman–Crippen MR) is 93.7 cm³/mol. The number of hydrogen-bond acceptors (Lipinski definition) is 2. The first-order valence-electron chi connectivity index (χ1n) is 7.91. The molecule has 0 radical (unpaired) electrons. The molecule has 0 amide bonds. The van der Waals surface area contributed by atoms with Crippen molar-refractivity contribution in [3.05, 3.63) is 60.2 Å². The Labute approximate surface area is 139 Å². The Bertz CT molecular complexity index is 567. The number of benzene rings is 2. The van der Waals surface area contributed by atoms with Gasteiger partial charge in [-0.15, -0.1) is 12.4 Å². The molecule has 1 atom stereocenters. The molecule has 1 aliphatic rings. The lowest BCUT2D eigenvalue weighted by Gasteiger charge is -2.28. The highest BCUT2D eigenvalue weighted by Crippen LogP contribution is 2.34. The lowest BCUT2D eigenvalue weighted by atomic mass is 9.81. The van der Waals surface area contributed by atoms with Crippen LogP contribution >= 0.6 is 12.4 Å². The fourth-order valence-corrected chi connectivity index (χ4v) is 3.18. The minimum Gasteiger partial charge on any atom is -0.457 e. The molecule has 3 rings (SSSR count). The van der Waals surface area contributed by atoms with Gasteiger partial charge in [-0.2, -0.15) is 0 Å². The zero-order chi connectivity index (χ0) is 14.5. The molecule has 0 saturated heterocycles. The van der Waals surface area contributed by atoms with Gasteiger partial charge in [0.2, 0.25) is 0 Å². The summed E-state index contributed by atoms with van der Waals surface area (Å²) < 4.78 is 5.90. The van der Waals surface area contributed by atoms with Gasteiger partial charge in [0.25, 0.3) is 0 Å². The third kappa shape index (κ3) is 4.25. The van der Waals surface area contributed by atoms with Gasteiger partial charge in [-0.25, -0.2) is 0 Å². The lowest BCUT2D eigenvalue weighted by Crippen LogP contribution is -2.23. The van der Waals surface area contributed by atoms with Crippen LogP contribution in [0, 0.1) is 5.92 Å². The van der Waals surface area contributed by atoms with E-state index in [1.165, 1.54) is 37.7 Å². The molecule has 0 heterocycles. The summed E-state index contributed by atoms with van der Waals surface area (Å²) in [6, 6.07) is 18.2. The van der Waals surface area contributed by atoms with E-state index in [4.69, 9.17) is 10.5 Å². The molecule has 0 aliphatic heterocycles. The number of rotatable bonds is 4. The van der Waals surface area contributed by atoms with Gasteiger partial charge in [0.1, 0.15) is 11.5 Å². The first-order chi connectivity index (χ1) is 10.3. The SMILES string of the molecule is Cl.N[C@@H](c1cccc(Oc2ccccc2)c1)C1CCCCC1. The molecule has 0 spiro atoms. The van der Waals surface area contributed by atoms with Gasteiger partial charge < -0.3 is 10.5 Å². The first kappa shape index (κ1) is 16.9. The van der Waals surface area contributed by atoms with E-state index in [1.807, 2.05) is 42.5 Å². The first-order valence-corrected chi connectivity index (χ1v) is 7.91. The summed E-state index contributed by atoms with van der Waals surface area (Å²) in [5.41, 5.74) is 7.67. The van der Waals surface area contributed by atoms with Gasteiger partial charge in [0, 0.05) is 6.04 Å². The largest absolute Gasteiger partial charge is 0.457 e. The molecule has 2 N–H and O–H groups in total. The van der Waals surface area contributed by atoms with Crippen LogP contribution in [0.4, 0.5) is 0 Å². The summed E-state index contributed by atoms with van der Waals surface area (Å²) in [7, 11) is 0. The molecule has 2 nitrogen and oxygen atoms in total. The van der Waals surface area contributed by atoms with Crippen LogP contribution in [0.5, 0.6) is 11.5 Å². The monoisotopic (exact) mass is 317 g/mol. The summed E-state index contributed by atoms with van der Waals surface area (Å²) in [6.45, 7) is 0. The quantitative estimate of drug-likeness (QED) is 0.810. The van der Waals surface area contributed by atoms with Crippen molar-refractivity contribution in [2.45, 2.75) is 38.1 Å². The zero-order valence-corrected chi connectivity index (χ0v) is 13.6. The molecule has 3 heteroatoms. The van der Waals surface area contributed by atoms with E-state index in [1.54, 1.807) is 0 Å². The van der Waals surface area contributed by atoms with Crippen molar-refractivity contribution in [2.24, 2.45) is 11.7 Å². The van der Waals surface area contributed by atoms with Crippen LogP contribution in [0.1, 0.15) is 43.7 Å². The topological polar surface area (TPSA) is 35.2 Å². The normalized spacial score (nSPS) is 16.6. The van der Waals surface area contributed by atoms with Gasteiger partial charge >= 0.3 is 0 Å². The Morgan fingerprint density at radius 2 is 1.55 bits per heavy atom. The Balaban J connectivity index is 0.00000176. The van der Waals surface area contributed by atoms with E-state index >= 15 is 0 Å². The van der Waals surface area contributed by atoms with Crippen molar-refractivity contribution >= 4 is 12.4 Å². The van der Waals surface area contributed by atoms with E-state index in [0.29, 0.717) is 5.92 Å². The molecule has 2 aromatic carbocycles. The van der Waals surface area contributed by atoms with Crippen LogP contribution in [-0.4, -0.2) is 0 Å². The third-order valence-corrected chi connectivity index (χ3v) is 4.38. The van der Waals surface area contributed by atoms with Crippen molar-refractivity contribution in [3.63, 3.8) is 0 Å². The molecule has 1 fully saturated rings. The lowest BCUT2D eigenvalue weighted by molar-refractivity contribution is 0.308. The summed E-state index contributed by atoms with van der Waals surface area (Å²) in [4.78, 5) is 0. The Hall–Kier alpha value is -1.51. The van der Waals surface area contributed by atoms with Crippen LogP contribution in [0.3, 0.4) is 0 Å². The minimum absolute atomic E-state index is 0. The van der Waals surface area contributed by atoms with E-state index in [-0.39, 0.29) is 18.4 Å². The number of hydrogen-bond donors (Lipinski definition) is 1. The average molecular weight is 318 g/mol. The Morgan fingerprint density at radius 3 is 2.27 bits per heavy atom. The van der Waals surface area contributed by atoms with Crippen LogP contribution in [-0.2, 0) is 0 Å². The molecule has 0 unspecified atom stereocenters. The molecule has 22 heavy (non-hydrogen) atoms. The fourth-order valence-electron chi connectivity index (χ4n) is 3.18. The van der Waals surface area contributed by atoms with Crippen molar-refractivity contribution in [1.29, 1.82) is 0 Å². The van der Waals surface area contributed by atoms with Crippen molar-refractivity contribution in [2.75, 3.05) is 0 Å². The van der Waals surface area contributed by atoms with Crippen molar-refractivity contribution < 1.29 is 4.74 Å². The third-order valence-electron chi connectivity index (χ3n) is 4.38. The smallest absolute Gasteiger partial charge is 0.127 e. The Kier molecular flexibility index (Phi) is 6.29. The van der Waals surface area contributed by atoms with E-state index in [9.17, 15) is 0 Å². The molecule has 1 saturated carbocycles. The van der Waals surface area contributed by atoms with Gasteiger partial charge in [-0.3, -0.25) is 0 Å². The van der Waals surface area contributed by atoms with E-state index in [0.717, 1.165) is 11.5 Å². The molecule has 118 valence electrons. The zero-order valence-electron chi connectivity index (χ0n) is 12.8. The molecular weight excluding hydrogens is 294 g/mol. The van der Waals surface area contributed by atoms with Crippen LogP contribution in [0.25, 0.3) is 0 Å². The maximum Gasteiger partial charge on any atom is 0.127 e.